The Bertz CT molecular complexity index is 544. The van der Waals surface area contributed by atoms with Crippen molar-refractivity contribution in [2.24, 2.45) is 4.99 Å². The van der Waals surface area contributed by atoms with E-state index in [1.165, 1.54) is 11.1 Å². The number of rotatable bonds is 8. The van der Waals surface area contributed by atoms with Crippen LogP contribution in [0.3, 0.4) is 0 Å². The smallest absolute Gasteiger partial charge is 0.191 e. The van der Waals surface area contributed by atoms with Crippen molar-refractivity contribution >= 4 is 29.9 Å². The normalized spacial score (nSPS) is 17.5. The van der Waals surface area contributed by atoms with Crippen molar-refractivity contribution in [3.63, 3.8) is 0 Å². The number of hydrogen-bond donors (Lipinski definition) is 2. The Hall–Kier alpha value is -0.860. The van der Waals surface area contributed by atoms with Crippen molar-refractivity contribution in [1.29, 1.82) is 0 Å². The zero-order chi connectivity index (χ0) is 18.1. The number of guanidine groups is 1. The topological polar surface area (TPSA) is 48.9 Å². The molecule has 0 aromatic heterocycles. The second-order valence-corrected chi connectivity index (χ2v) is 6.99. The number of halogens is 1. The molecule has 1 aliphatic rings. The fraction of sp³-hybridized carbons (Fsp3) is 0.650. The molecule has 1 unspecified atom stereocenters. The van der Waals surface area contributed by atoms with Gasteiger partial charge in [0.15, 0.2) is 5.96 Å². The lowest BCUT2D eigenvalue weighted by molar-refractivity contribution is 0.114. The molecule has 5 nitrogen and oxygen atoms in total. The van der Waals surface area contributed by atoms with Crippen LogP contribution in [-0.2, 0) is 17.8 Å². The summed E-state index contributed by atoms with van der Waals surface area (Å²) in [7, 11) is 2.16. The summed E-state index contributed by atoms with van der Waals surface area (Å²) in [4.78, 5) is 7.13. The van der Waals surface area contributed by atoms with Gasteiger partial charge in [0.25, 0.3) is 0 Å². The second-order valence-electron chi connectivity index (χ2n) is 6.99. The van der Waals surface area contributed by atoms with Crippen molar-refractivity contribution < 1.29 is 4.74 Å². The molecule has 0 aliphatic carbocycles. The first-order chi connectivity index (χ1) is 12.1. The van der Waals surface area contributed by atoms with E-state index in [-0.39, 0.29) is 24.0 Å². The molecule has 0 saturated carbocycles. The SMILES string of the molecule is CCNC(=NCc1ccccc1CN(C)C(C)C)NCC1CCCO1.I. The highest BCUT2D eigenvalue weighted by Gasteiger charge is 2.15. The first-order valence-corrected chi connectivity index (χ1v) is 9.51. The van der Waals surface area contributed by atoms with E-state index >= 15 is 0 Å². The van der Waals surface area contributed by atoms with Crippen LogP contribution >= 0.6 is 24.0 Å². The number of ether oxygens (including phenoxy) is 1. The first-order valence-electron chi connectivity index (χ1n) is 9.51. The van der Waals surface area contributed by atoms with E-state index in [1.54, 1.807) is 0 Å². The van der Waals surface area contributed by atoms with Crippen LogP contribution in [0, 0.1) is 0 Å². The van der Waals surface area contributed by atoms with Crippen LogP contribution in [0.5, 0.6) is 0 Å². The third-order valence-corrected chi connectivity index (χ3v) is 4.69. The fourth-order valence-corrected chi connectivity index (χ4v) is 2.84. The van der Waals surface area contributed by atoms with E-state index in [1.807, 2.05) is 0 Å². The second kappa shape index (κ2) is 12.5. The molecule has 0 radical (unpaired) electrons. The fourth-order valence-electron chi connectivity index (χ4n) is 2.84. The number of benzene rings is 1. The zero-order valence-corrected chi connectivity index (χ0v) is 19.0. The summed E-state index contributed by atoms with van der Waals surface area (Å²) in [6, 6.07) is 9.11. The average molecular weight is 474 g/mol. The summed E-state index contributed by atoms with van der Waals surface area (Å²) in [5.74, 6) is 0.866. The molecule has 6 heteroatoms. The lowest BCUT2D eigenvalue weighted by atomic mass is 10.1. The van der Waals surface area contributed by atoms with Crippen molar-refractivity contribution in [3.8, 4) is 0 Å². The van der Waals surface area contributed by atoms with Gasteiger partial charge in [-0.15, -0.1) is 24.0 Å². The van der Waals surface area contributed by atoms with E-state index in [2.05, 4.69) is 67.6 Å². The first kappa shape index (κ1) is 23.2. The van der Waals surface area contributed by atoms with Gasteiger partial charge < -0.3 is 15.4 Å². The molecule has 1 aromatic rings. The Morgan fingerprint density at radius 3 is 2.62 bits per heavy atom. The van der Waals surface area contributed by atoms with E-state index in [0.29, 0.717) is 18.7 Å². The lowest BCUT2D eigenvalue weighted by Crippen LogP contribution is -2.41. The monoisotopic (exact) mass is 474 g/mol. The maximum Gasteiger partial charge on any atom is 0.191 e. The largest absolute Gasteiger partial charge is 0.376 e. The molecule has 1 atom stereocenters. The Morgan fingerprint density at radius 1 is 1.27 bits per heavy atom. The molecule has 1 aromatic carbocycles. The summed E-state index contributed by atoms with van der Waals surface area (Å²) in [5.41, 5.74) is 2.63. The van der Waals surface area contributed by atoms with Crippen molar-refractivity contribution in [2.75, 3.05) is 26.7 Å². The summed E-state index contributed by atoms with van der Waals surface area (Å²) in [6.45, 7) is 10.7. The van der Waals surface area contributed by atoms with Crippen molar-refractivity contribution in [1.82, 2.24) is 15.5 Å². The van der Waals surface area contributed by atoms with Gasteiger partial charge in [-0.2, -0.15) is 0 Å². The Morgan fingerprint density at radius 2 is 2.00 bits per heavy atom. The van der Waals surface area contributed by atoms with Gasteiger partial charge in [0.1, 0.15) is 0 Å². The van der Waals surface area contributed by atoms with Crippen LogP contribution in [-0.4, -0.2) is 49.7 Å². The molecule has 0 spiro atoms. The van der Waals surface area contributed by atoms with Crippen LogP contribution in [0.25, 0.3) is 0 Å². The lowest BCUT2D eigenvalue weighted by Gasteiger charge is -2.22. The number of nitrogens with one attached hydrogen (secondary N) is 2. The molecule has 1 heterocycles. The van der Waals surface area contributed by atoms with Gasteiger partial charge in [-0.3, -0.25) is 4.90 Å². The third kappa shape index (κ3) is 7.80. The highest BCUT2D eigenvalue weighted by molar-refractivity contribution is 14.0. The highest BCUT2D eigenvalue weighted by atomic mass is 127. The summed E-state index contributed by atoms with van der Waals surface area (Å²) < 4.78 is 5.68. The van der Waals surface area contributed by atoms with Crippen LogP contribution < -0.4 is 10.6 Å². The van der Waals surface area contributed by atoms with Gasteiger partial charge in [-0.25, -0.2) is 4.99 Å². The third-order valence-electron chi connectivity index (χ3n) is 4.69. The van der Waals surface area contributed by atoms with E-state index in [0.717, 1.165) is 45.0 Å². The average Bonchev–Trinajstić information content (AvgIpc) is 3.12. The molecule has 148 valence electrons. The van der Waals surface area contributed by atoms with Crippen LogP contribution in [0.1, 0.15) is 44.7 Å². The minimum absolute atomic E-state index is 0. The molecular formula is C20H35IN4O. The molecule has 2 N–H and O–H groups in total. The summed E-state index contributed by atoms with van der Waals surface area (Å²) >= 11 is 0. The minimum atomic E-state index is 0. The van der Waals surface area contributed by atoms with Gasteiger partial charge in [-0.05, 0) is 51.8 Å². The number of aliphatic imine (C=N–C) groups is 1. The molecule has 0 bridgehead atoms. The molecule has 0 amide bonds. The molecule has 2 rings (SSSR count). The standard InChI is InChI=1S/C20H34N4O.HI/c1-5-21-20(23-14-19-11-8-12-25-19)22-13-17-9-6-7-10-18(17)15-24(4)16(2)3;/h6-7,9-10,16,19H,5,8,11-15H2,1-4H3,(H2,21,22,23);1H. The number of nitrogens with zero attached hydrogens (tertiary/aromatic N) is 2. The summed E-state index contributed by atoms with van der Waals surface area (Å²) in [6.07, 6.45) is 2.61. The molecule has 1 aliphatic heterocycles. The number of hydrogen-bond acceptors (Lipinski definition) is 3. The van der Waals surface area contributed by atoms with E-state index < -0.39 is 0 Å². The Kier molecular flexibility index (Phi) is 11.2. The van der Waals surface area contributed by atoms with Crippen molar-refractivity contribution in [3.05, 3.63) is 35.4 Å². The van der Waals surface area contributed by atoms with Gasteiger partial charge in [-0.1, -0.05) is 24.3 Å². The maximum atomic E-state index is 5.68. The van der Waals surface area contributed by atoms with Gasteiger partial charge in [0.2, 0.25) is 0 Å². The molecule has 26 heavy (non-hydrogen) atoms. The van der Waals surface area contributed by atoms with Crippen LogP contribution in [0.15, 0.2) is 29.3 Å². The molecular weight excluding hydrogens is 439 g/mol. The quantitative estimate of drug-likeness (QED) is 0.345. The zero-order valence-electron chi connectivity index (χ0n) is 16.6. The van der Waals surface area contributed by atoms with Gasteiger partial charge in [0.05, 0.1) is 12.6 Å². The Balaban J connectivity index is 0.00000338. The maximum absolute atomic E-state index is 5.68. The van der Waals surface area contributed by atoms with E-state index in [9.17, 15) is 0 Å². The summed E-state index contributed by atoms with van der Waals surface area (Å²) in [5, 5.41) is 6.74. The van der Waals surface area contributed by atoms with Crippen LogP contribution in [0.2, 0.25) is 0 Å². The molecule has 1 saturated heterocycles. The highest BCUT2D eigenvalue weighted by Crippen LogP contribution is 2.14. The van der Waals surface area contributed by atoms with Crippen molar-refractivity contribution in [2.45, 2.75) is 58.8 Å². The van der Waals surface area contributed by atoms with Gasteiger partial charge >= 0.3 is 0 Å². The molecule has 1 fully saturated rings. The minimum Gasteiger partial charge on any atom is -0.376 e. The van der Waals surface area contributed by atoms with E-state index in [4.69, 9.17) is 9.73 Å². The predicted molar refractivity (Wildman–Crippen MR) is 120 cm³/mol. The predicted octanol–water partition coefficient (Wildman–Crippen LogP) is 3.38. The van der Waals surface area contributed by atoms with Gasteiger partial charge in [0, 0.05) is 32.3 Å². The Labute approximate surface area is 176 Å². The van der Waals surface area contributed by atoms with Crippen LogP contribution in [0.4, 0.5) is 0 Å².